The molecule has 1 heterocycles. The Bertz CT molecular complexity index is 575. The van der Waals surface area contributed by atoms with E-state index >= 15 is 0 Å². The molecule has 5 nitrogen and oxygen atoms in total. The lowest BCUT2D eigenvalue weighted by atomic mass is 10.1. The van der Waals surface area contributed by atoms with Crippen molar-refractivity contribution >= 4 is 5.91 Å². The summed E-state index contributed by atoms with van der Waals surface area (Å²) < 4.78 is 7.33. The number of nitrogens with zero attached hydrogens (tertiary/aromatic N) is 2. The minimum Gasteiger partial charge on any atom is -0.484 e. The molecule has 0 spiro atoms. The predicted octanol–water partition coefficient (Wildman–Crippen LogP) is 2.07. The van der Waals surface area contributed by atoms with Crippen molar-refractivity contribution in [1.82, 2.24) is 14.9 Å². The van der Waals surface area contributed by atoms with Crippen LogP contribution in [0.4, 0.5) is 0 Å². The Hall–Kier alpha value is -2.30. The molecule has 21 heavy (non-hydrogen) atoms. The third kappa shape index (κ3) is 4.63. The van der Waals surface area contributed by atoms with Crippen LogP contribution in [0.5, 0.6) is 5.75 Å². The molecule has 112 valence electrons. The van der Waals surface area contributed by atoms with Crippen LogP contribution in [0.1, 0.15) is 24.7 Å². The van der Waals surface area contributed by atoms with Crippen LogP contribution in [0.15, 0.2) is 36.7 Å². The number of carbonyl (C=O) groups excluding carboxylic acids is 1. The molecule has 0 fully saturated rings. The fourth-order valence-corrected chi connectivity index (χ4v) is 1.99. The van der Waals surface area contributed by atoms with E-state index in [1.807, 2.05) is 42.1 Å². The van der Waals surface area contributed by atoms with E-state index in [0.717, 1.165) is 18.7 Å². The molecule has 0 radical (unpaired) electrons. The molecule has 1 aromatic carbocycles. The molecule has 0 atom stereocenters. The van der Waals surface area contributed by atoms with Crippen LogP contribution < -0.4 is 10.1 Å². The van der Waals surface area contributed by atoms with Crippen LogP contribution in [0.3, 0.4) is 0 Å². The van der Waals surface area contributed by atoms with Crippen LogP contribution in [0.25, 0.3) is 0 Å². The minimum absolute atomic E-state index is 0.0115. The first-order chi connectivity index (χ1) is 10.2. The van der Waals surface area contributed by atoms with Gasteiger partial charge in [-0.05, 0) is 24.1 Å². The first-order valence-corrected chi connectivity index (χ1v) is 7.13. The van der Waals surface area contributed by atoms with Gasteiger partial charge in [-0.3, -0.25) is 4.79 Å². The number of amides is 1. The SMILES string of the molecule is CCCc1ccc(OCC(=O)NCc2nccn2C)cc1. The second-order valence-electron chi connectivity index (χ2n) is 4.91. The fourth-order valence-electron chi connectivity index (χ4n) is 1.99. The Labute approximate surface area is 125 Å². The van der Waals surface area contributed by atoms with Gasteiger partial charge in [0.2, 0.25) is 0 Å². The van der Waals surface area contributed by atoms with Crippen molar-refractivity contribution in [3.8, 4) is 5.75 Å². The summed E-state index contributed by atoms with van der Waals surface area (Å²) in [6, 6.07) is 7.86. The first kappa shape index (κ1) is 15.1. The number of imidazole rings is 1. The number of rotatable bonds is 7. The lowest BCUT2D eigenvalue weighted by Gasteiger charge is -2.08. The summed E-state index contributed by atoms with van der Waals surface area (Å²) in [7, 11) is 1.89. The van der Waals surface area contributed by atoms with E-state index in [-0.39, 0.29) is 12.5 Å². The van der Waals surface area contributed by atoms with Gasteiger partial charge in [0, 0.05) is 19.4 Å². The van der Waals surface area contributed by atoms with Crippen molar-refractivity contribution in [2.75, 3.05) is 6.61 Å². The normalized spacial score (nSPS) is 10.4. The smallest absolute Gasteiger partial charge is 0.258 e. The number of benzene rings is 1. The number of aryl methyl sites for hydroxylation is 2. The Morgan fingerprint density at radius 2 is 2.10 bits per heavy atom. The molecule has 1 N–H and O–H groups in total. The summed E-state index contributed by atoms with van der Waals surface area (Å²) in [5, 5.41) is 2.78. The van der Waals surface area contributed by atoms with E-state index in [4.69, 9.17) is 4.74 Å². The van der Waals surface area contributed by atoms with Crippen LogP contribution in [0.2, 0.25) is 0 Å². The summed E-state index contributed by atoms with van der Waals surface area (Å²) in [4.78, 5) is 15.9. The van der Waals surface area contributed by atoms with E-state index in [9.17, 15) is 4.79 Å². The van der Waals surface area contributed by atoms with Gasteiger partial charge in [0.15, 0.2) is 6.61 Å². The van der Waals surface area contributed by atoms with Gasteiger partial charge < -0.3 is 14.6 Å². The second-order valence-corrected chi connectivity index (χ2v) is 4.91. The molecule has 5 heteroatoms. The molecule has 0 aliphatic heterocycles. The summed E-state index contributed by atoms with van der Waals surface area (Å²) in [5.41, 5.74) is 1.28. The monoisotopic (exact) mass is 287 g/mol. The molecule has 1 amide bonds. The number of hydrogen-bond donors (Lipinski definition) is 1. The first-order valence-electron chi connectivity index (χ1n) is 7.13. The highest BCUT2D eigenvalue weighted by atomic mass is 16.5. The predicted molar refractivity (Wildman–Crippen MR) is 81.0 cm³/mol. The zero-order valence-corrected chi connectivity index (χ0v) is 12.5. The van der Waals surface area contributed by atoms with Crippen molar-refractivity contribution in [2.24, 2.45) is 7.05 Å². The Kier molecular flexibility index (Phi) is 5.37. The standard InChI is InChI=1S/C16H21N3O2/c1-3-4-13-5-7-14(8-6-13)21-12-16(20)18-11-15-17-9-10-19(15)2/h5-10H,3-4,11-12H2,1-2H3,(H,18,20). The average molecular weight is 287 g/mol. The van der Waals surface area contributed by atoms with Crippen LogP contribution in [0, 0.1) is 0 Å². The number of aromatic nitrogens is 2. The highest BCUT2D eigenvalue weighted by Crippen LogP contribution is 2.13. The fraction of sp³-hybridized carbons (Fsp3) is 0.375. The zero-order chi connectivity index (χ0) is 15.1. The van der Waals surface area contributed by atoms with Gasteiger partial charge in [0.25, 0.3) is 5.91 Å². The van der Waals surface area contributed by atoms with Gasteiger partial charge in [0.05, 0.1) is 6.54 Å². The Morgan fingerprint density at radius 1 is 1.33 bits per heavy atom. The molecule has 0 unspecified atom stereocenters. The van der Waals surface area contributed by atoms with E-state index in [1.54, 1.807) is 6.20 Å². The molecule has 0 saturated heterocycles. The summed E-state index contributed by atoms with van der Waals surface area (Å²) >= 11 is 0. The van der Waals surface area contributed by atoms with Crippen molar-refractivity contribution in [3.63, 3.8) is 0 Å². The summed E-state index contributed by atoms with van der Waals surface area (Å²) in [5.74, 6) is 1.37. The molecule has 0 aliphatic carbocycles. The molecular formula is C16H21N3O2. The highest BCUT2D eigenvalue weighted by molar-refractivity contribution is 5.77. The molecule has 2 aromatic rings. The average Bonchev–Trinajstić information content (AvgIpc) is 2.90. The van der Waals surface area contributed by atoms with Crippen LogP contribution in [-0.2, 0) is 24.8 Å². The van der Waals surface area contributed by atoms with E-state index in [2.05, 4.69) is 17.2 Å². The zero-order valence-electron chi connectivity index (χ0n) is 12.5. The quantitative estimate of drug-likeness (QED) is 0.848. The molecule has 0 saturated carbocycles. The largest absolute Gasteiger partial charge is 0.484 e. The summed E-state index contributed by atoms with van der Waals surface area (Å²) in [6.45, 7) is 2.56. The Morgan fingerprint density at radius 3 is 2.71 bits per heavy atom. The van der Waals surface area contributed by atoms with Gasteiger partial charge in [-0.15, -0.1) is 0 Å². The van der Waals surface area contributed by atoms with Crippen LogP contribution in [-0.4, -0.2) is 22.1 Å². The molecule has 0 bridgehead atoms. The van der Waals surface area contributed by atoms with E-state index in [0.29, 0.717) is 12.3 Å². The molecule has 0 aliphatic rings. The summed E-state index contributed by atoms with van der Waals surface area (Å²) in [6.07, 6.45) is 5.73. The van der Waals surface area contributed by atoms with Gasteiger partial charge in [-0.25, -0.2) is 4.98 Å². The third-order valence-corrected chi connectivity index (χ3v) is 3.20. The lowest BCUT2D eigenvalue weighted by molar-refractivity contribution is -0.123. The van der Waals surface area contributed by atoms with Gasteiger partial charge in [-0.2, -0.15) is 0 Å². The van der Waals surface area contributed by atoms with E-state index in [1.165, 1.54) is 5.56 Å². The maximum atomic E-state index is 11.7. The number of hydrogen-bond acceptors (Lipinski definition) is 3. The van der Waals surface area contributed by atoms with E-state index < -0.39 is 0 Å². The maximum Gasteiger partial charge on any atom is 0.258 e. The maximum absolute atomic E-state index is 11.7. The second kappa shape index (κ2) is 7.47. The molecular weight excluding hydrogens is 266 g/mol. The van der Waals surface area contributed by atoms with Gasteiger partial charge in [0.1, 0.15) is 11.6 Å². The highest BCUT2D eigenvalue weighted by Gasteiger charge is 2.05. The van der Waals surface area contributed by atoms with Crippen molar-refractivity contribution in [2.45, 2.75) is 26.3 Å². The molecule has 1 aromatic heterocycles. The van der Waals surface area contributed by atoms with Crippen molar-refractivity contribution < 1.29 is 9.53 Å². The van der Waals surface area contributed by atoms with Gasteiger partial charge >= 0.3 is 0 Å². The van der Waals surface area contributed by atoms with Crippen molar-refractivity contribution in [3.05, 3.63) is 48.0 Å². The number of nitrogens with one attached hydrogen (secondary N) is 1. The minimum atomic E-state index is -0.157. The number of carbonyl (C=O) groups is 1. The van der Waals surface area contributed by atoms with Crippen molar-refractivity contribution in [1.29, 1.82) is 0 Å². The van der Waals surface area contributed by atoms with Gasteiger partial charge in [-0.1, -0.05) is 25.5 Å². The third-order valence-electron chi connectivity index (χ3n) is 3.20. The Balaban J connectivity index is 1.74. The lowest BCUT2D eigenvalue weighted by Crippen LogP contribution is -2.29. The number of ether oxygens (including phenoxy) is 1. The topological polar surface area (TPSA) is 56.1 Å². The van der Waals surface area contributed by atoms with Crippen LogP contribution >= 0.6 is 0 Å². The molecule has 2 rings (SSSR count).